The van der Waals surface area contributed by atoms with Gasteiger partial charge in [0.1, 0.15) is 6.10 Å². The number of esters is 1. The van der Waals surface area contributed by atoms with E-state index in [4.69, 9.17) is 9.84 Å². The maximum atomic E-state index is 12.0. The molecule has 1 heterocycles. The first-order valence-corrected chi connectivity index (χ1v) is 12.1. The normalized spacial score (nSPS) is 21.6. The van der Waals surface area contributed by atoms with Crippen molar-refractivity contribution in [1.82, 2.24) is 0 Å². The molecule has 174 valence electrons. The molecule has 1 saturated heterocycles. The molecule has 2 atom stereocenters. The SMILES string of the molecule is CCCCCCCC/C=C\CCCCCCC/C=C1\C[C@@](CO)([C@@H](O)CO)OC1=O. The van der Waals surface area contributed by atoms with Crippen molar-refractivity contribution in [3.8, 4) is 0 Å². The van der Waals surface area contributed by atoms with Crippen LogP contribution in [-0.4, -0.2) is 46.2 Å². The number of unbranched alkanes of at least 4 members (excludes halogenated alkanes) is 12. The van der Waals surface area contributed by atoms with E-state index in [9.17, 15) is 15.0 Å². The molecule has 1 aliphatic rings. The molecule has 0 aliphatic carbocycles. The Hall–Kier alpha value is -1.17. The lowest BCUT2D eigenvalue weighted by molar-refractivity contribution is -0.167. The molecular formula is C25H44O5. The fraction of sp³-hybridized carbons (Fsp3) is 0.800. The third-order valence-electron chi connectivity index (χ3n) is 5.95. The van der Waals surface area contributed by atoms with Crippen LogP contribution in [-0.2, 0) is 9.53 Å². The quantitative estimate of drug-likeness (QED) is 0.125. The Labute approximate surface area is 183 Å². The lowest BCUT2D eigenvalue weighted by Crippen LogP contribution is -2.47. The van der Waals surface area contributed by atoms with Gasteiger partial charge >= 0.3 is 5.97 Å². The van der Waals surface area contributed by atoms with E-state index in [0.29, 0.717) is 5.57 Å². The van der Waals surface area contributed by atoms with Crippen LogP contribution in [0.25, 0.3) is 0 Å². The van der Waals surface area contributed by atoms with Gasteiger partial charge in [-0.05, 0) is 38.5 Å². The first-order chi connectivity index (χ1) is 14.6. The maximum Gasteiger partial charge on any atom is 0.334 e. The zero-order valence-electron chi connectivity index (χ0n) is 19.0. The second-order valence-electron chi connectivity index (χ2n) is 8.59. The molecule has 3 N–H and O–H groups in total. The van der Waals surface area contributed by atoms with Crippen molar-refractivity contribution in [1.29, 1.82) is 0 Å². The molecule has 0 saturated carbocycles. The minimum absolute atomic E-state index is 0.148. The van der Waals surface area contributed by atoms with Gasteiger partial charge in [0, 0.05) is 12.0 Å². The summed E-state index contributed by atoms with van der Waals surface area (Å²) < 4.78 is 5.17. The average molecular weight is 425 g/mol. The number of hydrogen-bond donors (Lipinski definition) is 3. The fourth-order valence-electron chi connectivity index (χ4n) is 3.87. The predicted molar refractivity (Wildman–Crippen MR) is 121 cm³/mol. The lowest BCUT2D eigenvalue weighted by Gasteiger charge is -2.28. The molecule has 1 rings (SSSR count). The number of cyclic esters (lactones) is 1. The van der Waals surface area contributed by atoms with Crippen molar-refractivity contribution in [3.05, 3.63) is 23.8 Å². The van der Waals surface area contributed by atoms with Crippen LogP contribution in [0.1, 0.15) is 103 Å². The average Bonchev–Trinajstić information content (AvgIpc) is 3.09. The van der Waals surface area contributed by atoms with Gasteiger partial charge in [-0.25, -0.2) is 4.79 Å². The minimum Gasteiger partial charge on any atom is -0.450 e. The summed E-state index contributed by atoms with van der Waals surface area (Å²) in [6.45, 7) is 1.21. The molecule has 0 aromatic heterocycles. The second-order valence-corrected chi connectivity index (χ2v) is 8.59. The summed E-state index contributed by atoms with van der Waals surface area (Å²) in [4.78, 5) is 12.0. The highest BCUT2D eigenvalue weighted by atomic mass is 16.6. The number of carbonyl (C=O) groups excluding carboxylic acids is 1. The van der Waals surface area contributed by atoms with Crippen molar-refractivity contribution in [2.45, 2.75) is 115 Å². The Morgan fingerprint density at radius 2 is 1.43 bits per heavy atom. The Morgan fingerprint density at radius 1 is 0.900 bits per heavy atom. The first-order valence-electron chi connectivity index (χ1n) is 12.1. The van der Waals surface area contributed by atoms with Crippen LogP contribution in [0.3, 0.4) is 0 Å². The summed E-state index contributed by atoms with van der Waals surface area (Å²) in [6, 6.07) is 0. The topological polar surface area (TPSA) is 87.0 Å². The van der Waals surface area contributed by atoms with E-state index >= 15 is 0 Å². The monoisotopic (exact) mass is 424 g/mol. The number of ether oxygens (including phenoxy) is 1. The third-order valence-corrected chi connectivity index (χ3v) is 5.95. The minimum atomic E-state index is -1.39. The molecule has 5 heteroatoms. The number of aliphatic hydroxyl groups excluding tert-OH is 3. The second kappa shape index (κ2) is 16.5. The fourth-order valence-corrected chi connectivity index (χ4v) is 3.87. The molecular weight excluding hydrogens is 380 g/mol. The molecule has 1 aliphatic heterocycles. The Balaban J connectivity index is 2.03. The Morgan fingerprint density at radius 3 is 1.97 bits per heavy atom. The van der Waals surface area contributed by atoms with Crippen LogP contribution in [0.15, 0.2) is 23.8 Å². The number of carbonyl (C=O) groups is 1. The van der Waals surface area contributed by atoms with Crippen LogP contribution in [0, 0.1) is 0 Å². The number of aliphatic hydroxyl groups is 3. The van der Waals surface area contributed by atoms with Crippen LogP contribution in [0.5, 0.6) is 0 Å². The van der Waals surface area contributed by atoms with Gasteiger partial charge in [0.15, 0.2) is 5.60 Å². The van der Waals surface area contributed by atoms with Gasteiger partial charge in [0.05, 0.1) is 13.2 Å². The van der Waals surface area contributed by atoms with E-state index in [1.54, 1.807) is 0 Å². The molecule has 0 radical (unpaired) electrons. The Bertz CT molecular complexity index is 514. The number of allylic oxidation sites excluding steroid dienone is 3. The standard InChI is InChI=1S/C25H44O5/c1-2-3-4-5-6-7-8-9-10-11-12-13-14-15-16-17-18-22-19-25(21-27,23(28)20-26)30-24(22)29/h9-10,18,23,26-28H,2-8,11-17,19-21H2,1H3/b10-9-,22-18+/t23-,25+/m0/s1. The van der Waals surface area contributed by atoms with Gasteiger partial charge in [-0.1, -0.05) is 76.5 Å². The smallest absolute Gasteiger partial charge is 0.334 e. The van der Waals surface area contributed by atoms with E-state index in [1.807, 2.05) is 6.08 Å². The van der Waals surface area contributed by atoms with Crippen LogP contribution in [0.2, 0.25) is 0 Å². The molecule has 1 fully saturated rings. The van der Waals surface area contributed by atoms with Crippen molar-refractivity contribution in [2.75, 3.05) is 13.2 Å². The third kappa shape index (κ3) is 10.2. The van der Waals surface area contributed by atoms with Gasteiger partial charge in [0.25, 0.3) is 0 Å². The number of hydrogen-bond acceptors (Lipinski definition) is 5. The van der Waals surface area contributed by atoms with Gasteiger partial charge in [-0.3, -0.25) is 0 Å². The molecule has 0 aromatic rings. The van der Waals surface area contributed by atoms with Gasteiger partial charge in [-0.15, -0.1) is 0 Å². The summed E-state index contributed by atoms with van der Waals surface area (Å²) >= 11 is 0. The van der Waals surface area contributed by atoms with Gasteiger partial charge in [-0.2, -0.15) is 0 Å². The van der Waals surface area contributed by atoms with Crippen molar-refractivity contribution >= 4 is 5.97 Å². The van der Waals surface area contributed by atoms with E-state index in [1.165, 1.54) is 70.6 Å². The predicted octanol–water partition coefficient (Wildman–Crippen LogP) is 4.98. The van der Waals surface area contributed by atoms with Crippen LogP contribution >= 0.6 is 0 Å². The summed E-state index contributed by atoms with van der Waals surface area (Å²) in [6.07, 6.45) is 22.5. The molecule has 30 heavy (non-hydrogen) atoms. The molecule has 0 amide bonds. The molecule has 5 nitrogen and oxygen atoms in total. The summed E-state index contributed by atoms with van der Waals surface area (Å²) in [7, 11) is 0. The van der Waals surface area contributed by atoms with Crippen molar-refractivity contribution < 1.29 is 24.9 Å². The molecule has 0 unspecified atom stereocenters. The van der Waals surface area contributed by atoms with Crippen molar-refractivity contribution in [2.24, 2.45) is 0 Å². The lowest BCUT2D eigenvalue weighted by atomic mass is 9.92. The summed E-state index contributed by atoms with van der Waals surface area (Å²) in [5.74, 6) is -0.496. The highest BCUT2D eigenvalue weighted by molar-refractivity contribution is 5.91. The molecule has 0 bridgehead atoms. The highest BCUT2D eigenvalue weighted by Gasteiger charge is 2.48. The highest BCUT2D eigenvalue weighted by Crippen LogP contribution is 2.34. The number of rotatable bonds is 18. The Kier molecular flexibility index (Phi) is 14.8. The zero-order chi connectivity index (χ0) is 22.1. The summed E-state index contributed by atoms with van der Waals surface area (Å²) in [5, 5.41) is 28.4. The van der Waals surface area contributed by atoms with Crippen LogP contribution < -0.4 is 0 Å². The van der Waals surface area contributed by atoms with E-state index < -0.39 is 30.9 Å². The van der Waals surface area contributed by atoms with E-state index in [-0.39, 0.29) is 6.42 Å². The van der Waals surface area contributed by atoms with E-state index in [0.717, 1.165) is 19.3 Å². The van der Waals surface area contributed by atoms with Crippen LogP contribution in [0.4, 0.5) is 0 Å². The zero-order valence-corrected chi connectivity index (χ0v) is 19.0. The largest absolute Gasteiger partial charge is 0.450 e. The first kappa shape index (κ1) is 26.9. The maximum absolute atomic E-state index is 12.0. The van der Waals surface area contributed by atoms with Gasteiger partial charge < -0.3 is 20.1 Å². The van der Waals surface area contributed by atoms with Crippen molar-refractivity contribution in [3.63, 3.8) is 0 Å². The summed E-state index contributed by atoms with van der Waals surface area (Å²) in [5.41, 5.74) is -0.896. The van der Waals surface area contributed by atoms with E-state index in [2.05, 4.69) is 19.1 Å². The molecule has 0 spiro atoms. The van der Waals surface area contributed by atoms with Gasteiger partial charge in [0.2, 0.25) is 0 Å². The molecule has 0 aromatic carbocycles.